The Morgan fingerprint density at radius 3 is 2.41 bits per heavy atom. The number of methoxy groups -OCH3 is 1. The number of esters is 2. The van der Waals surface area contributed by atoms with E-state index in [0.29, 0.717) is 6.42 Å². The van der Waals surface area contributed by atoms with E-state index in [1.54, 1.807) is 0 Å². The van der Waals surface area contributed by atoms with E-state index in [-0.39, 0.29) is 18.9 Å². The van der Waals surface area contributed by atoms with Gasteiger partial charge < -0.3 is 14.6 Å². The first-order valence-electron chi connectivity index (χ1n) is 5.47. The first-order valence-corrected chi connectivity index (χ1v) is 5.47. The van der Waals surface area contributed by atoms with E-state index in [0.717, 1.165) is 7.11 Å². The van der Waals surface area contributed by atoms with Gasteiger partial charge in [0.1, 0.15) is 6.61 Å². The van der Waals surface area contributed by atoms with Crippen LogP contribution in [0.5, 0.6) is 0 Å². The van der Waals surface area contributed by atoms with E-state index in [2.05, 4.69) is 11.3 Å². The smallest absolute Gasteiger partial charge is 0.350 e. The Labute approximate surface area is 101 Å². The van der Waals surface area contributed by atoms with Crippen molar-refractivity contribution in [1.82, 2.24) is 0 Å². The van der Waals surface area contributed by atoms with Gasteiger partial charge in [-0.1, -0.05) is 26.5 Å². The molecule has 0 aromatic rings. The summed E-state index contributed by atoms with van der Waals surface area (Å²) >= 11 is 0. The van der Waals surface area contributed by atoms with Crippen LogP contribution in [0.4, 0.5) is 0 Å². The van der Waals surface area contributed by atoms with Crippen molar-refractivity contribution >= 4 is 11.9 Å². The zero-order chi connectivity index (χ0) is 13.5. The number of carbonyl (C=O) groups is 2. The molecule has 0 aromatic heterocycles. The first-order chi connectivity index (χ1) is 7.88. The van der Waals surface area contributed by atoms with E-state index in [1.807, 2.05) is 13.8 Å². The van der Waals surface area contributed by atoms with Gasteiger partial charge >= 0.3 is 11.9 Å². The van der Waals surface area contributed by atoms with Crippen molar-refractivity contribution in [2.45, 2.75) is 32.3 Å². The van der Waals surface area contributed by atoms with Crippen molar-refractivity contribution in [3.05, 3.63) is 12.7 Å². The normalized spacial score (nSPS) is 13.9. The maximum absolute atomic E-state index is 11.6. The van der Waals surface area contributed by atoms with Crippen LogP contribution in [0.2, 0.25) is 0 Å². The van der Waals surface area contributed by atoms with E-state index in [9.17, 15) is 14.7 Å². The third-order valence-corrected chi connectivity index (χ3v) is 2.28. The molecule has 0 aliphatic rings. The van der Waals surface area contributed by atoms with Gasteiger partial charge in [-0.3, -0.25) is 0 Å². The van der Waals surface area contributed by atoms with Gasteiger partial charge in [0.2, 0.25) is 0 Å². The molecule has 1 N–H and O–H groups in total. The summed E-state index contributed by atoms with van der Waals surface area (Å²) in [6.07, 6.45) is 1.85. The monoisotopic (exact) mass is 244 g/mol. The molecule has 98 valence electrons. The highest BCUT2D eigenvalue weighted by atomic mass is 16.6. The molecule has 0 radical (unpaired) electrons. The molecule has 0 unspecified atom stereocenters. The second-order valence-corrected chi connectivity index (χ2v) is 4.17. The van der Waals surface area contributed by atoms with Gasteiger partial charge in [-0.2, -0.15) is 0 Å². The number of hydrogen-bond acceptors (Lipinski definition) is 5. The topological polar surface area (TPSA) is 72.8 Å². The lowest BCUT2D eigenvalue weighted by atomic mass is 9.93. The van der Waals surface area contributed by atoms with Crippen LogP contribution in [0, 0.1) is 5.92 Å². The average molecular weight is 244 g/mol. The zero-order valence-corrected chi connectivity index (χ0v) is 10.6. The van der Waals surface area contributed by atoms with Crippen molar-refractivity contribution in [3.63, 3.8) is 0 Å². The Kier molecular flexibility index (Phi) is 6.50. The van der Waals surface area contributed by atoms with Gasteiger partial charge in [-0.15, -0.1) is 0 Å². The molecule has 1 atom stereocenters. The van der Waals surface area contributed by atoms with E-state index >= 15 is 0 Å². The van der Waals surface area contributed by atoms with Crippen molar-refractivity contribution < 1.29 is 24.2 Å². The van der Waals surface area contributed by atoms with Crippen LogP contribution in [-0.2, 0) is 19.1 Å². The summed E-state index contributed by atoms with van der Waals surface area (Å²) in [6.45, 7) is 7.17. The third-order valence-electron chi connectivity index (χ3n) is 2.28. The number of carbonyl (C=O) groups excluding carboxylic acids is 2. The fourth-order valence-electron chi connectivity index (χ4n) is 1.21. The van der Waals surface area contributed by atoms with Gasteiger partial charge in [-0.05, 0) is 18.8 Å². The van der Waals surface area contributed by atoms with Crippen molar-refractivity contribution in [2.24, 2.45) is 5.92 Å². The van der Waals surface area contributed by atoms with E-state index in [4.69, 9.17) is 4.74 Å². The maximum atomic E-state index is 11.6. The molecule has 0 spiro atoms. The Hall–Kier alpha value is -1.36. The lowest BCUT2D eigenvalue weighted by molar-refractivity contribution is -0.182. The molecule has 0 fully saturated rings. The lowest BCUT2D eigenvalue weighted by Crippen LogP contribution is -2.48. The molecule has 0 aromatic carbocycles. The Balaban J connectivity index is 4.76. The predicted molar refractivity (Wildman–Crippen MR) is 62.2 cm³/mol. The summed E-state index contributed by atoms with van der Waals surface area (Å²) in [5.74, 6) is -1.74. The summed E-state index contributed by atoms with van der Waals surface area (Å²) in [4.78, 5) is 23.1. The zero-order valence-electron chi connectivity index (χ0n) is 10.6. The molecule has 17 heavy (non-hydrogen) atoms. The minimum atomic E-state index is -2.22. The number of rotatable bonds is 7. The van der Waals surface area contributed by atoms with Crippen LogP contribution < -0.4 is 0 Å². The largest absolute Gasteiger partial charge is 0.466 e. The van der Waals surface area contributed by atoms with Crippen LogP contribution in [0.15, 0.2) is 12.7 Å². The highest BCUT2D eigenvalue weighted by molar-refractivity contribution is 6.03. The molecule has 0 saturated carbocycles. The van der Waals surface area contributed by atoms with Crippen LogP contribution in [0.1, 0.15) is 26.7 Å². The summed E-state index contributed by atoms with van der Waals surface area (Å²) in [6, 6.07) is 0. The number of hydrogen-bond donors (Lipinski definition) is 1. The average Bonchev–Trinajstić information content (AvgIpc) is 2.31. The van der Waals surface area contributed by atoms with Gasteiger partial charge in [0.15, 0.2) is 0 Å². The molecule has 0 amide bonds. The van der Waals surface area contributed by atoms with Crippen LogP contribution in [0.3, 0.4) is 0 Å². The SMILES string of the molecule is C=CCOC(=O)[C@](O)(CCC(C)C)C(=O)OC. The van der Waals surface area contributed by atoms with Gasteiger partial charge in [0.25, 0.3) is 5.60 Å². The van der Waals surface area contributed by atoms with Crippen molar-refractivity contribution in [2.75, 3.05) is 13.7 Å². The van der Waals surface area contributed by atoms with Gasteiger partial charge in [0.05, 0.1) is 7.11 Å². The molecular weight excluding hydrogens is 224 g/mol. The maximum Gasteiger partial charge on any atom is 0.350 e. The molecule has 0 aliphatic carbocycles. The summed E-state index contributed by atoms with van der Waals surface area (Å²) in [5.41, 5.74) is -2.22. The summed E-state index contributed by atoms with van der Waals surface area (Å²) in [7, 11) is 1.11. The quantitative estimate of drug-likeness (QED) is 0.412. The molecule has 0 bridgehead atoms. The van der Waals surface area contributed by atoms with Crippen molar-refractivity contribution in [3.8, 4) is 0 Å². The van der Waals surface area contributed by atoms with Crippen LogP contribution >= 0.6 is 0 Å². The second kappa shape index (κ2) is 7.06. The molecule has 5 heteroatoms. The Morgan fingerprint density at radius 1 is 1.41 bits per heavy atom. The van der Waals surface area contributed by atoms with Gasteiger partial charge in [0, 0.05) is 0 Å². The van der Waals surface area contributed by atoms with E-state index < -0.39 is 17.5 Å². The predicted octanol–water partition coefficient (Wildman–Crippen LogP) is 1.06. The molecule has 0 saturated heterocycles. The summed E-state index contributed by atoms with van der Waals surface area (Å²) in [5, 5.41) is 10.0. The lowest BCUT2D eigenvalue weighted by Gasteiger charge is -2.23. The number of aliphatic hydroxyl groups is 1. The van der Waals surface area contributed by atoms with E-state index in [1.165, 1.54) is 6.08 Å². The standard InChI is InChI=1S/C12H20O5/c1-5-8-17-11(14)12(15,10(13)16-4)7-6-9(2)3/h5,9,15H,1,6-8H2,2-4H3/t12-/m0/s1. The fourth-order valence-corrected chi connectivity index (χ4v) is 1.21. The molecule has 5 nitrogen and oxygen atoms in total. The molecule has 0 aliphatic heterocycles. The highest BCUT2D eigenvalue weighted by Crippen LogP contribution is 2.20. The second-order valence-electron chi connectivity index (χ2n) is 4.17. The highest BCUT2D eigenvalue weighted by Gasteiger charge is 2.46. The Bertz CT molecular complexity index is 285. The van der Waals surface area contributed by atoms with Crippen LogP contribution in [0.25, 0.3) is 0 Å². The minimum absolute atomic E-state index is 0.0205. The van der Waals surface area contributed by atoms with Gasteiger partial charge in [-0.25, -0.2) is 9.59 Å². The van der Waals surface area contributed by atoms with Crippen LogP contribution in [-0.4, -0.2) is 36.4 Å². The Morgan fingerprint density at radius 2 is 2.00 bits per heavy atom. The molecule has 0 heterocycles. The summed E-state index contributed by atoms with van der Waals surface area (Å²) < 4.78 is 9.14. The fraction of sp³-hybridized carbons (Fsp3) is 0.667. The van der Waals surface area contributed by atoms with Crippen molar-refractivity contribution in [1.29, 1.82) is 0 Å². The number of ether oxygens (including phenoxy) is 2. The minimum Gasteiger partial charge on any atom is -0.466 e. The first kappa shape index (κ1) is 15.6. The molecular formula is C12H20O5. The third kappa shape index (κ3) is 4.56. The molecule has 0 rings (SSSR count).